The number of amides is 1. The number of hydrogen-bond donors (Lipinski definition) is 0. The molecule has 8 heteroatoms. The summed E-state index contributed by atoms with van der Waals surface area (Å²) in [5.41, 5.74) is -1.31. The Bertz CT molecular complexity index is 1060. The molecule has 3 saturated carbocycles. The molecule has 1 aromatic carbocycles. The maximum atomic E-state index is 14.7. The lowest BCUT2D eigenvalue weighted by Crippen LogP contribution is -2.82. The van der Waals surface area contributed by atoms with Crippen LogP contribution in [0.2, 0.25) is 0 Å². The van der Waals surface area contributed by atoms with E-state index in [1.54, 1.807) is 18.1 Å². The Kier molecular flexibility index (Phi) is 3.91. The van der Waals surface area contributed by atoms with Crippen LogP contribution in [0.25, 0.3) is 0 Å². The van der Waals surface area contributed by atoms with Crippen molar-refractivity contribution < 1.29 is 28.6 Å². The summed E-state index contributed by atoms with van der Waals surface area (Å²) in [4.78, 5) is 45.6. The van der Waals surface area contributed by atoms with E-state index in [0.29, 0.717) is 37.2 Å². The van der Waals surface area contributed by atoms with Gasteiger partial charge in [0.2, 0.25) is 0 Å². The lowest BCUT2D eigenvalue weighted by atomic mass is 9.38. The van der Waals surface area contributed by atoms with E-state index < -0.39 is 28.4 Å². The molecule has 3 aliphatic carbocycles. The molecule has 8 rings (SSSR count). The van der Waals surface area contributed by atoms with Crippen LogP contribution < -0.4 is 9.64 Å². The van der Waals surface area contributed by atoms with Crippen molar-refractivity contribution in [1.29, 1.82) is 0 Å². The van der Waals surface area contributed by atoms with E-state index in [1.165, 1.54) is 14.2 Å². The maximum Gasteiger partial charge on any atom is 0.414 e. The van der Waals surface area contributed by atoms with Gasteiger partial charge in [-0.3, -0.25) is 19.4 Å². The second kappa shape index (κ2) is 6.25. The number of hydrogen-bond acceptors (Lipinski definition) is 7. The predicted molar refractivity (Wildman–Crippen MR) is 114 cm³/mol. The van der Waals surface area contributed by atoms with Crippen molar-refractivity contribution in [2.75, 3.05) is 39.3 Å². The molecule has 1 aromatic rings. The molecule has 5 bridgehead atoms. The number of ether oxygens (including phenoxy) is 3. The quantitative estimate of drug-likeness (QED) is 0.652. The number of nitrogens with zero attached hydrogens (tertiary/aromatic N) is 2. The predicted octanol–water partition coefficient (Wildman–Crippen LogP) is 2.28. The molecule has 7 aliphatic rings. The zero-order valence-electron chi connectivity index (χ0n) is 18.7. The van der Waals surface area contributed by atoms with Gasteiger partial charge in [0.15, 0.2) is 5.78 Å². The van der Waals surface area contributed by atoms with Crippen LogP contribution in [0.4, 0.5) is 10.5 Å². The highest BCUT2D eigenvalue weighted by molar-refractivity contribution is 6.11. The number of ketones is 1. The van der Waals surface area contributed by atoms with Crippen LogP contribution in [0.1, 0.15) is 37.7 Å². The fourth-order valence-electron chi connectivity index (χ4n) is 8.41. The van der Waals surface area contributed by atoms with Crippen LogP contribution in [-0.4, -0.2) is 68.7 Å². The first-order valence-corrected chi connectivity index (χ1v) is 11.4. The second-order valence-corrected chi connectivity index (χ2v) is 9.81. The molecule has 8 nitrogen and oxygen atoms in total. The molecule has 4 aliphatic heterocycles. The summed E-state index contributed by atoms with van der Waals surface area (Å²) < 4.78 is 16.3. The average Bonchev–Trinajstić information content (AvgIpc) is 2.98. The Morgan fingerprint density at radius 1 is 1.03 bits per heavy atom. The molecule has 0 N–H and O–H groups in total. The van der Waals surface area contributed by atoms with E-state index in [1.807, 2.05) is 12.1 Å². The van der Waals surface area contributed by atoms with Crippen LogP contribution in [0.15, 0.2) is 18.2 Å². The van der Waals surface area contributed by atoms with Gasteiger partial charge in [-0.05, 0) is 56.8 Å². The van der Waals surface area contributed by atoms with E-state index in [2.05, 4.69) is 4.90 Å². The third kappa shape index (κ3) is 1.82. The highest BCUT2D eigenvalue weighted by Gasteiger charge is 2.84. The number of carbonyl (C=O) groups excluding carboxylic acids is 3. The van der Waals surface area contributed by atoms with Crippen molar-refractivity contribution in [3.05, 3.63) is 23.8 Å². The van der Waals surface area contributed by atoms with Crippen molar-refractivity contribution in [2.45, 2.75) is 49.1 Å². The first-order valence-electron chi connectivity index (χ1n) is 11.4. The summed E-state index contributed by atoms with van der Waals surface area (Å²) in [5.74, 6) is -0.304. The molecule has 2 unspecified atom stereocenters. The zero-order valence-corrected chi connectivity index (χ0v) is 18.7. The molecule has 6 atom stereocenters. The standard InChI is InChI=1S/C24H28N2O6/c1-30-15-7-4-6-14-17(15)26(21(29)32-3)24-10-9-22-8-5-12-25(13-11-23(14,24)20(22)28)18(22)16(24)19(27)31-2/h4,6-7,16,18H,5,8-13H2,1-3H3/t16-,18?,22+,23+,24+/m0/s1. The minimum Gasteiger partial charge on any atom is -0.495 e. The number of rotatable bonds is 2. The smallest absolute Gasteiger partial charge is 0.414 e. The fourth-order valence-corrected chi connectivity index (χ4v) is 8.41. The molecule has 0 radical (unpaired) electrons. The maximum absolute atomic E-state index is 14.7. The summed E-state index contributed by atoms with van der Waals surface area (Å²) in [7, 11) is 4.29. The summed E-state index contributed by atoms with van der Waals surface area (Å²) in [5, 5.41) is 0. The summed E-state index contributed by atoms with van der Waals surface area (Å²) in [6, 6.07) is 5.33. The first-order chi connectivity index (χ1) is 15.4. The Morgan fingerprint density at radius 2 is 1.84 bits per heavy atom. The number of esters is 1. The van der Waals surface area contributed by atoms with Gasteiger partial charge in [0, 0.05) is 11.5 Å². The SMILES string of the molecule is COC(=O)[C@@H]1C2N3CCC[C@@]24CC[C@@]12N(C(=O)OC)c1c(OC)cccc1[C@]2(CC3)C4=O. The number of carbonyl (C=O) groups is 3. The molecule has 170 valence electrons. The Labute approximate surface area is 186 Å². The van der Waals surface area contributed by atoms with Crippen molar-refractivity contribution in [3.8, 4) is 5.75 Å². The van der Waals surface area contributed by atoms with Crippen LogP contribution in [0, 0.1) is 11.3 Å². The molecule has 6 fully saturated rings. The molecule has 3 spiro atoms. The number of piperidine rings is 1. The van der Waals surface area contributed by atoms with E-state index in [-0.39, 0.29) is 17.8 Å². The summed E-state index contributed by atoms with van der Waals surface area (Å²) in [6.07, 6.45) is 2.91. The molecular formula is C24H28N2O6. The largest absolute Gasteiger partial charge is 0.495 e. The number of methoxy groups -OCH3 is 3. The topological polar surface area (TPSA) is 85.4 Å². The minimum atomic E-state index is -1.07. The number of benzene rings is 1. The lowest BCUT2D eigenvalue weighted by molar-refractivity contribution is -0.183. The fraction of sp³-hybridized carbons (Fsp3) is 0.625. The average molecular weight is 440 g/mol. The van der Waals surface area contributed by atoms with Crippen molar-refractivity contribution in [2.24, 2.45) is 11.3 Å². The summed E-state index contributed by atoms with van der Waals surface area (Å²) in [6.45, 7) is 1.56. The Morgan fingerprint density at radius 3 is 2.56 bits per heavy atom. The molecule has 0 aromatic heterocycles. The van der Waals surface area contributed by atoms with Gasteiger partial charge in [0.25, 0.3) is 0 Å². The molecular weight excluding hydrogens is 412 g/mol. The zero-order chi connectivity index (χ0) is 22.5. The molecule has 3 saturated heterocycles. The van der Waals surface area contributed by atoms with Gasteiger partial charge in [-0.15, -0.1) is 0 Å². The van der Waals surface area contributed by atoms with Gasteiger partial charge in [-0.25, -0.2) is 4.79 Å². The van der Waals surface area contributed by atoms with Gasteiger partial charge < -0.3 is 14.2 Å². The monoisotopic (exact) mass is 440 g/mol. The van der Waals surface area contributed by atoms with Crippen molar-refractivity contribution in [3.63, 3.8) is 0 Å². The number of Topliss-reactive ketones (excluding diaryl/α,β-unsaturated/α-hetero) is 1. The Balaban J connectivity index is 1.76. The number of para-hydroxylation sites is 1. The van der Waals surface area contributed by atoms with Gasteiger partial charge in [-0.1, -0.05) is 12.1 Å². The van der Waals surface area contributed by atoms with Crippen LogP contribution in [-0.2, 0) is 24.5 Å². The first kappa shape index (κ1) is 20.0. The van der Waals surface area contributed by atoms with Crippen molar-refractivity contribution in [1.82, 2.24) is 4.90 Å². The highest BCUT2D eigenvalue weighted by Crippen LogP contribution is 2.74. The van der Waals surface area contributed by atoms with Gasteiger partial charge in [0.05, 0.1) is 43.9 Å². The third-order valence-electron chi connectivity index (χ3n) is 9.28. The van der Waals surface area contributed by atoms with Gasteiger partial charge in [-0.2, -0.15) is 0 Å². The van der Waals surface area contributed by atoms with Crippen LogP contribution in [0.3, 0.4) is 0 Å². The normalized spacial score (nSPS) is 40.4. The van der Waals surface area contributed by atoms with Gasteiger partial charge >= 0.3 is 12.1 Å². The van der Waals surface area contributed by atoms with Crippen LogP contribution >= 0.6 is 0 Å². The van der Waals surface area contributed by atoms with Gasteiger partial charge in [0.1, 0.15) is 5.75 Å². The molecule has 32 heavy (non-hydrogen) atoms. The summed E-state index contributed by atoms with van der Waals surface area (Å²) >= 11 is 0. The second-order valence-electron chi connectivity index (χ2n) is 9.81. The van der Waals surface area contributed by atoms with E-state index in [4.69, 9.17) is 14.2 Å². The third-order valence-corrected chi connectivity index (χ3v) is 9.28. The molecule has 1 amide bonds. The van der Waals surface area contributed by atoms with E-state index in [0.717, 1.165) is 24.9 Å². The number of fused-ring (bicyclic) bond motifs is 3. The minimum absolute atomic E-state index is 0.185. The van der Waals surface area contributed by atoms with E-state index >= 15 is 0 Å². The Hall–Kier alpha value is -2.61. The van der Waals surface area contributed by atoms with E-state index in [9.17, 15) is 14.4 Å². The number of anilines is 1. The van der Waals surface area contributed by atoms with Crippen LogP contribution in [0.5, 0.6) is 5.75 Å². The lowest BCUT2D eigenvalue weighted by Gasteiger charge is -2.67. The highest BCUT2D eigenvalue weighted by atomic mass is 16.5. The van der Waals surface area contributed by atoms with Crippen molar-refractivity contribution >= 4 is 23.5 Å². The molecule has 4 heterocycles.